The highest BCUT2D eigenvalue weighted by molar-refractivity contribution is 6.00. The maximum absolute atomic E-state index is 14.7. The molecule has 0 aliphatic carbocycles. The van der Waals surface area contributed by atoms with Crippen molar-refractivity contribution in [3.05, 3.63) is 54.1 Å². The first-order valence-corrected chi connectivity index (χ1v) is 31.5. The highest BCUT2D eigenvalue weighted by Gasteiger charge is 2.45. The predicted molar refractivity (Wildman–Crippen MR) is 334 cm³/mol. The van der Waals surface area contributed by atoms with Crippen LogP contribution in [0, 0.1) is 11.8 Å². The van der Waals surface area contributed by atoms with Gasteiger partial charge < -0.3 is 99.8 Å². The van der Waals surface area contributed by atoms with Gasteiger partial charge in [0.05, 0.1) is 32.5 Å². The molecule has 0 bridgehead atoms. The van der Waals surface area contributed by atoms with Gasteiger partial charge in [-0.25, -0.2) is 9.78 Å². The van der Waals surface area contributed by atoms with Gasteiger partial charge in [-0.15, -0.1) is 0 Å². The van der Waals surface area contributed by atoms with Crippen molar-refractivity contribution in [1.29, 1.82) is 0 Å². The van der Waals surface area contributed by atoms with Crippen LogP contribution in [0.4, 0.5) is 0 Å². The number of aliphatic hydroxyl groups is 2. The lowest BCUT2D eigenvalue weighted by Gasteiger charge is -2.32. The number of H-pyrrole nitrogens is 1. The van der Waals surface area contributed by atoms with Gasteiger partial charge in [-0.1, -0.05) is 64.4 Å². The van der Waals surface area contributed by atoms with Crippen molar-refractivity contribution in [3.8, 4) is 0 Å². The highest BCUT2D eigenvalue weighted by atomic mass is 16.4. The van der Waals surface area contributed by atoms with Gasteiger partial charge in [0.2, 0.25) is 65.0 Å². The number of hydrogen-bond acceptors (Lipinski definition) is 18. The molecule has 518 valence electrons. The van der Waals surface area contributed by atoms with Gasteiger partial charge in [-0.2, -0.15) is 0 Å². The number of aliphatic hydroxyl groups excluding tert-OH is 2. The average Bonchev–Trinajstić information content (AvgIpc) is 1.61. The number of rotatable bonds is 36. The molecule has 34 nitrogen and oxygen atoms in total. The summed E-state index contributed by atoms with van der Waals surface area (Å²) in [5.74, 6) is -12.9. The van der Waals surface area contributed by atoms with Crippen LogP contribution in [0.3, 0.4) is 0 Å². The first kappa shape index (κ1) is 75.4. The Bertz CT molecular complexity index is 3010. The Balaban J connectivity index is 1.26. The number of benzene rings is 1. The molecule has 11 amide bonds. The van der Waals surface area contributed by atoms with Crippen molar-refractivity contribution in [1.82, 2.24) is 67.2 Å². The number of aliphatic imine (C=N–C) groups is 1. The van der Waals surface area contributed by atoms with E-state index in [1.165, 1.54) is 22.3 Å². The van der Waals surface area contributed by atoms with E-state index < -0.39 is 175 Å². The zero-order valence-electron chi connectivity index (χ0n) is 53.3. The number of amides is 11. The molecule has 1 aromatic heterocycles. The van der Waals surface area contributed by atoms with Crippen LogP contribution in [-0.2, 0) is 75.2 Å². The van der Waals surface area contributed by atoms with Crippen LogP contribution in [0.15, 0.2) is 47.8 Å². The Hall–Kier alpha value is -9.31. The minimum absolute atomic E-state index is 0.00607. The number of imidazole rings is 1. The quantitative estimate of drug-likeness (QED) is 0.0172. The maximum atomic E-state index is 14.7. The number of nitrogens with one attached hydrogen (secondary N) is 9. The van der Waals surface area contributed by atoms with Gasteiger partial charge in [-0.05, 0) is 75.2 Å². The van der Waals surface area contributed by atoms with Gasteiger partial charge >= 0.3 is 11.9 Å². The van der Waals surface area contributed by atoms with Crippen LogP contribution in [0.25, 0.3) is 0 Å². The van der Waals surface area contributed by atoms with Crippen LogP contribution in [0.5, 0.6) is 0 Å². The zero-order valence-corrected chi connectivity index (χ0v) is 53.3. The topological polar surface area (TPSA) is 528 Å². The van der Waals surface area contributed by atoms with Crippen LogP contribution < -0.4 is 59.7 Å². The number of nitrogens with zero attached hydrogens (tertiary/aromatic N) is 5. The average molecular weight is 1320 g/mol. The Labute approximate surface area is 542 Å². The summed E-state index contributed by atoms with van der Waals surface area (Å²) in [4.78, 5) is 192. The lowest BCUT2D eigenvalue weighted by atomic mass is 9.96. The molecule has 3 saturated heterocycles. The third-order valence-corrected chi connectivity index (χ3v) is 16.5. The molecule has 34 heteroatoms. The molecule has 12 atom stereocenters. The molecule has 0 unspecified atom stereocenters. The first-order valence-electron chi connectivity index (χ1n) is 31.5. The summed E-state index contributed by atoms with van der Waals surface area (Å²) in [5, 5.41) is 59.4. The van der Waals surface area contributed by atoms with E-state index in [1.807, 2.05) is 0 Å². The molecule has 3 aliphatic rings. The number of carbonyl (C=O) groups excluding carboxylic acids is 11. The van der Waals surface area contributed by atoms with E-state index in [0.29, 0.717) is 24.1 Å². The largest absolute Gasteiger partial charge is 0.481 e. The van der Waals surface area contributed by atoms with Crippen molar-refractivity contribution >= 4 is 82.9 Å². The first-order chi connectivity index (χ1) is 44.7. The van der Waals surface area contributed by atoms with Gasteiger partial charge in [0, 0.05) is 50.9 Å². The molecule has 4 heterocycles. The minimum atomic E-state index is -1.74. The number of carbonyl (C=O) groups is 13. The Kier molecular flexibility index (Phi) is 29.5. The van der Waals surface area contributed by atoms with Crippen LogP contribution in [-0.4, -0.2) is 240 Å². The van der Waals surface area contributed by atoms with Crippen LogP contribution in [0.1, 0.15) is 110 Å². The molecule has 3 fully saturated rings. The fourth-order valence-corrected chi connectivity index (χ4v) is 11.3. The Morgan fingerprint density at radius 3 is 1.71 bits per heavy atom. The number of carboxylic acid groups (broad SMARTS) is 2. The summed E-state index contributed by atoms with van der Waals surface area (Å²) in [6.07, 6.45) is 3.31. The molecule has 0 spiro atoms. The number of aliphatic carboxylic acids is 2. The van der Waals surface area contributed by atoms with Gasteiger partial charge in [0.25, 0.3) is 0 Å². The van der Waals surface area contributed by atoms with Crippen LogP contribution >= 0.6 is 0 Å². The Morgan fingerprint density at radius 1 is 0.638 bits per heavy atom. The normalized spacial score (nSPS) is 18.9. The number of guanidine groups is 1. The number of likely N-dealkylation sites (tertiary alicyclic amines) is 3. The fourth-order valence-electron chi connectivity index (χ4n) is 11.3. The van der Waals surface area contributed by atoms with Gasteiger partial charge in [0.15, 0.2) is 5.96 Å². The molecular formula is C60H91N17O17. The second-order valence-electron chi connectivity index (χ2n) is 24.0. The standard InChI is InChI=1S/C60H91N17O17/c1-5-33(4)48(74-50(84)37(15-9-19-65-60(62)63)69-52(86)42(30-79)73-49(83)36(61)29-78)58(92)77-22-10-16-43(77)53(87)66-28-46(80)68-39(24-34-13-7-6-8-14-34)56(90)75-20-12-18-45(75)55(89)71-40(26-47(81)82)57(91)76-21-11-17-44(76)54(88)70-38(23-32(2)3)51(85)72-41(59(93)94)25-35-27-64-31-67-35/h6-8,13-14,27,31-33,36-45,48,78-79H,5,9-12,15-26,28-30,61H2,1-4H3,(H,64,67)(H,66,87)(H,68,80)(H,69,86)(H,70,88)(H,71,89)(H,72,85)(H,73,83)(H,74,84)(H,81,82)(H,93,94)(H4,62,63,65)/t33-,36-,37-,38-,39-,40-,41-,42-,43-,44-,45-,48-/m0/s1. The van der Waals surface area contributed by atoms with Crippen LogP contribution in [0.2, 0.25) is 0 Å². The smallest absolute Gasteiger partial charge is 0.326 e. The van der Waals surface area contributed by atoms with Crippen molar-refractivity contribution in [2.45, 2.75) is 178 Å². The van der Waals surface area contributed by atoms with E-state index in [-0.39, 0.29) is 102 Å². The molecule has 3 aliphatic heterocycles. The summed E-state index contributed by atoms with van der Waals surface area (Å²) < 4.78 is 0. The van der Waals surface area contributed by atoms with Crippen molar-refractivity contribution < 1.29 is 82.8 Å². The lowest BCUT2D eigenvalue weighted by molar-refractivity contribution is -0.147. The molecule has 0 radical (unpaired) electrons. The van der Waals surface area contributed by atoms with Crippen molar-refractivity contribution in [2.24, 2.45) is 34.0 Å². The summed E-state index contributed by atoms with van der Waals surface area (Å²) >= 11 is 0. The van der Waals surface area contributed by atoms with E-state index in [9.17, 15) is 82.8 Å². The van der Waals surface area contributed by atoms with Crippen molar-refractivity contribution in [3.63, 3.8) is 0 Å². The van der Waals surface area contributed by atoms with Gasteiger partial charge in [-0.3, -0.25) is 62.5 Å². The number of hydrogen-bond donors (Lipinski definition) is 16. The number of aromatic nitrogens is 2. The third-order valence-electron chi connectivity index (χ3n) is 16.5. The van der Waals surface area contributed by atoms with E-state index >= 15 is 0 Å². The number of aromatic amines is 1. The lowest BCUT2D eigenvalue weighted by Crippen LogP contribution is -2.60. The van der Waals surface area contributed by atoms with Gasteiger partial charge in [0.1, 0.15) is 66.5 Å². The van der Waals surface area contributed by atoms with E-state index in [4.69, 9.17) is 17.2 Å². The summed E-state index contributed by atoms with van der Waals surface area (Å²) in [5.41, 5.74) is 17.5. The predicted octanol–water partition coefficient (Wildman–Crippen LogP) is -5.31. The molecule has 0 saturated carbocycles. The monoisotopic (exact) mass is 1320 g/mol. The zero-order chi connectivity index (χ0) is 69.3. The third kappa shape index (κ3) is 22.2. The van der Waals surface area contributed by atoms with E-state index in [0.717, 1.165) is 4.90 Å². The SMILES string of the molecule is CC[C@H](C)[C@H](NC(=O)[C@H](CCCN=C(N)N)NC(=O)[C@H](CO)NC(=O)[C@@H](N)CO)C(=O)N1CCC[C@H]1C(=O)NCC(=O)N[C@@H](Cc1ccccc1)C(=O)N1CCC[C@H]1C(=O)N[C@@H](CC(=O)O)C(=O)N1CCC[C@H]1C(=O)N[C@@H](CC(C)C)C(=O)N[C@@H](Cc1cnc[nH]1)C(=O)O. The minimum Gasteiger partial charge on any atom is -0.481 e. The Morgan fingerprint density at radius 2 is 1.18 bits per heavy atom. The summed E-state index contributed by atoms with van der Waals surface area (Å²) in [7, 11) is 0. The highest BCUT2D eigenvalue weighted by Crippen LogP contribution is 2.25. The fraction of sp³-hybridized carbons (Fsp3) is 0.617. The summed E-state index contributed by atoms with van der Waals surface area (Å²) in [6.45, 7) is 4.74. The maximum Gasteiger partial charge on any atom is 0.326 e. The molecule has 2 aromatic rings. The molecular weight excluding hydrogens is 1230 g/mol. The van der Waals surface area contributed by atoms with E-state index in [2.05, 4.69) is 57.5 Å². The molecule has 94 heavy (non-hydrogen) atoms. The number of nitrogens with two attached hydrogens (primary N) is 3. The van der Waals surface area contributed by atoms with E-state index in [1.54, 1.807) is 58.0 Å². The second kappa shape index (κ2) is 36.8. The molecule has 1 aromatic carbocycles. The number of carboxylic acids is 2. The molecule has 19 N–H and O–H groups in total. The van der Waals surface area contributed by atoms with Crippen molar-refractivity contribution in [2.75, 3.05) is 45.9 Å². The second-order valence-corrected chi connectivity index (χ2v) is 24.0. The molecule has 5 rings (SSSR count). The summed E-state index contributed by atoms with van der Waals surface area (Å²) in [6, 6.07) is -6.46.